The van der Waals surface area contributed by atoms with E-state index in [1.807, 2.05) is 37.3 Å². The van der Waals surface area contributed by atoms with Crippen molar-refractivity contribution in [3.8, 4) is 0 Å². The van der Waals surface area contributed by atoms with Gasteiger partial charge in [0.15, 0.2) is 0 Å². The molecule has 0 aliphatic carbocycles. The maximum absolute atomic E-state index is 13.4. The number of nitrogens with zero attached hydrogens (tertiary/aromatic N) is 2. The zero-order valence-electron chi connectivity index (χ0n) is 14.9. The molecule has 2 atom stereocenters. The van der Waals surface area contributed by atoms with Crippen molar-refractivity contribution in [3.63, 3.8) is 0 Å². The molecule has 3 heterocycles. The second-order valence-electron chi connectivity index (χ2n) is 7.50. The van der Waals surface area contributed by atoms with E-state index in [0.29, 0.717) is 5.39 Å². The van der Waals surface area contributed by atoms with Gasteiger partial charge in [0.2, 0.25) is 5.43 Å². The van der Waals surface area contributed by atoms with E-state index in [0.717, 1.165) is 29.6 Å². The van der Waals surface area contributed by atoms with Gasteiger partial charge in [-0.25, -0.2) is 0 Å². The molecule has 1 amide bonds. The molecule has 0 spiro atoms. The van der Waals surface area contributed by atoms with Gasteiger partial charge in [-0.1, -0.05) is 30.3 Å². The first-order chi connectivity index (χ1) is 12.6. The fourth-order valence-corrected chi connectivity index (χ4v) is 4.57. The standard InChI is InChI=1S/C22H20N2O2/c1-13-10-16-7-5-8-17-20(16)23(13)12-18(21(17)25)22(26)24-14(2)11-15-6-3-4-9-19(15)24/h3-9,12-14H,10-11H2,1-2H3. The van der Waals surface area contributed by atoms with Gasteiger partial charge >= 0.3 is 0 Å². The van der Waals surface area contributed by atoms with Crippen LogP contribution in [0.25, 0.3) is 10.9 Å². The average Bonchev–Trinajstić information content (AvgIpc) is 3.14. The predicted molar refractivity (Wildman–Crippen MR) is 103 cm³/mol. The topological polar surface area (TPSA) is 42.3 Å². The molecule has 2 aliphatic heterocycles. The summed E-state index contributed by atoms with van der Waals surface area (Å²) >= 11 is 0. The van der Waals surface area contributed by atoms with E-state index < -0.39 is 0 Å². The van der Waals surface area contributed by atoms with Crippen LogP contribution < -0.4 is 10.3 Å². The van der Waals surface area contributed by atoms with E-state index in [-0.39, 0.29) is 29.0 Å². The van der Waals surface area contributed by atoms with Crippen molar-refractivity contribution < 1.29 is 4.79 Å². The molecule has 4 nitrogen and oxygen atoms in total. The summed E-state index contributed by atoms with van der Waals surface area (Å²) in [6.07, 6.45) is 3.50. The van der Waals surface area contributed by atoms with Gasteiger partial charge in [-0.15, -0.1) is 0 Å². The highest BCUT2D eigenvalue weighted by atomic mass is 16.2. The van der Waals surface area contributed by atoms with Crippen LogP contribution in [0.3, 0.4) is 0 Å². The number of benzene rings is 2. The van der Waals surface area contributed by atoms with Gasteiger partial charge in [0.1, 0.15) is 5.56 Å². The number of anilines is 1. The minimum Gasteiger partial charge on any atom is -0.343 e. The summed E-state index contributed by atoms with van der Waals surface area (Å²) < 4.78 is 2.10. The molecule has 26 heavy (non-hydrogen) atoms. The van der Waals surface area contributed by atoms with Crippen molar-refractivity contribution in [2.24, 2.45) is 0 Å². The fourth-order valence-electron chi connectivity index (χ4n) is 4.57. The number of para-hydroxylation sites is 2. The van der Waals surface area contributed by atoms with Gasteiger partial charge in [-0.3, -0.25) is 9.59 Å². The van der Waals surface area contributed by atoms with Crippen LogP contribution in [0.2, 0.25) is 0 Å². The van der Waals surface area contributed by atoms with Crippen LogP contribution in [-0.4, -0.2) is 16.5 Å². The van der Waals surface area contributed by atoms with Crippen molar-refractivity contribution >= 4 is 22.5 Å². The molecule has 2 unspecified atom stereocenters. The van der Waals surface area contributed by atoms with E-state index in [4.69, 9.17) is 0 Å². The summed E-state index contributed by atoms with van der Waals surface area (Å²) in [4.78, 5) is 28.3. The number of carbonyl (C=O) groups is 1. The third-order valence-corrected chi connectivity index (χ3v) is 5.78. The van der Waals surface area contributed by atoms with Crippen LogP contribution >= 0.6 is 0 Å². The Labute approximate surface area is 151 Å². The molecule has 0 saturated carbocycles. The van der Waals surface area contributed by atoms with Gasteiger partial charge in [0.05, 0.1) is 5.52 Å². The maximum atomic E-state index is 13.4. The highest BCUT2D eigenvalue weighted by molar-refractivity contribution is 6.09. The van der Waals surface area contributed by atoms with E-state index in [1.54, 1.807) is 11.1 Å². The first-order valence-electron chi connectivity index (χ1n) is 9.14. The van der Waals surface area contributed by atoms with E-state index in [9.17, 15) is 9.59 Å². The molecule has 4 heteroatoms. The third-order valence-electron chi connectivity index (χ3n) is 5.78. The van der Waals surface area contributed by atoms with E-state index in [1.165, 1.54) is 5.56 Å². The van der Waals surface area contributed by atoms with Crippen LogP contribution in [0.15, 0.2) is 53.5 Å². The highest BCUT2D eigenvalue weighted by Crippen LogP contribution is 2.34. The first-order valence-corrected chi connectivity index (χ1v) is 9.14. The van der Waals surface area contributed by atoms with E-state index in [2.05, 4.69) is 23.6 Å². The largest absolute Gasteiger partial charge is 0.343 e. The van der Waals surface area contributed by atoms with Crippen LogP contribution in [0.1, 0.15) is 41.4 Å². The minimum absolute atomic E-state index is 0.0531. The lowest BCUT2D eigenvalue weighted by Gasteiger charge is -2.23. The van der Waals surface area contributed by atoms with E-state index >= 15 is 0 Å². The highest BCUT2D eigenvalue weighted by Gasteiger charge is 2.33. The molecule has 2 aromatic carbocycles. The SMILES string of the molecule is CC1Cc2ccccc2N1C(=O)c1cn2c3c(cccc3c1=O)CC2C. The van der Waals surface area contributed by atoms with Crippen LogP contribution in [-0.2, 0) is 12.8 Å². The Hall–Kier alpha value is -2.88. The molecule has 3 aromatic rings. The van der Waals surface area contributed by atoms with Crippen LogP contribution in [0.4, 0.5) is 5.69 Å². The predicted octanol–water partition coefficient (Wildman–Crippen LogP) is 3.71. The average molecular weight is 344 g/mol. The number of rotatable bonds is 1. The number of aromatic nitrogens is 1. The molecule has 1 aromatic heterocycles. The molecule has 130 valence electrons. The second kappa shape index (κ2) is 5.31. The molecular formula is C22H20N2O2. The Morgan fingerprint density at radius 3 is 2.54 bits per heavy atom. The number of hydrogen-bond acceptors (Lipinski definition) is 2. The summed E-state index contributed by atoms with van der Waals surface area (Å²) in [5.74, 6) is -0.192. The second-order valence-corrected chi connectivity index (χ2v) is 7.50. The molecule has 2 aliphatic rings. The first kappa shape index (κ1) is 15.4. The minimum atomic E-state index is -0.192. The Bertz CT molecular complexity index is 1130. The molecule has 0 radical (unpaired) electrons. The van der Waals surface area contributed by atoms with Crippen molar-refractivity contribution in [2.45, 2.75) is 38.8 Å². The Morgan fingerprint density at radius 1 is 0.962 bits per heavy atom. The summed E-state index contributed by atoms with van der Waals surface area (Å²) in [5.41, 5.74) is 4.37. The molecule has 0 saturated heterocycles. The Morgan fingerprint density at radius 2 is 1.69 bits per heavy atom. The van der Waals surface area contributed by atoms with Crippen LogP contribution in [0, 0.1) is 0 Å². The van der Waals surface area contributed by atoms with Crippen molar-refractivity contribution in [2.75, 3.05) is 4.90 Å². The zero-order chi connectivity index (χ0) is 18.0. The molecule has 0 fully saturated rings. The third kappa shape index (κ3) is 1.96. The summed E-state index contributed by atoms with van der Waals surface area (Å²) in [6, 6.07) is 14.1. The lowest BCUT2D eigenvalue weighted by Crippen LogP contribution is -2.38. The molecule has 5 rings (SSSR count). The maximum Gasteiger partial charge on any atom is 0.264 e. The zero-order valence-corrected chi connectivity index (χ0v) is 14.9. The van der Waals surface area contributed by atoms with Crippen molar-refractivity contribution in [3.05, 3.63) is 75.6 Å². The molecule has 0 N–H and O–H groups in total. The molecular weight excluding hydrogens is 324 g/mol. The quantitative estimate of drug-likeness (QED) is 0.675. The lowest BCUT2D eigenvalue weighted by atomic mass is 10.1. The van der Waals surface area contributed by atoms with Crippen molar-refractivity contribution in [1.29, 1.82) is 0 Å². The summed E-state index contributed by atoms with van der Waals surface area (Å²) in [7, 11) is 0. The number of pyridine rings is 1. The van der Waals surface area contributed by atoms with Gasteiger partial charge < -0.3 is 9.47 Å². The Balaban J connectivity index is 1.71. The number of fused-ring (bicyclic) bond motifs is 1. The summed E-state index contributed by atoms with van der Waals surface area (Å²) in [6.45, 7) is 4.17. The molecule has 0 bridgehead atoms. The van der Waals surface area contributed by atoms with Gasteiger partial charge in [0, 0.05) is 29.4 Å². The van der Waals surface area contributed by atoms with Crippen LogP contribution in [0.5, 0.6) is 0 Å². The van der Waals surface area contributed by atoms with Crippen molar-refractivity contribution in [1.82, 2.24) is 4.57 Å². The fraction of sp³-hybridized carbons (Fsp3) is 0.273. The number of hydrogen-bond donors (Lipinski definition) is 0. The number of carbonyl (C=O) groups excluding carboxylic acids is 1. The van der Waals surface area contributed by atoms with Gasteiger partial charge in [0.25, 0.3) is 5.91 Å². The summed E-state index contributed by atoms with van der Waals surface area (Å²) in [5, 5.41) is 0.651. The Kier molecular flexibility index (Phi) is 3.14. The van der Waals surface area contributed by atoms with Gasteiger partial charge in [-0.2, -0.15) is 0 Å². The lowest BCUT2D eigenvalue weighted by molar-refractivity contribution is 0.0980. The normalized spacial score (nSPS) is 20.6. The van der Waals surface area contributed by atoms with Gasteiger partial charge in [-0.05, 0) is 49.9 Å². The smallest absolute Gasteiger partial charge is 0.264 e. The number of amides is 1. The monoisotopic (exact) mass is 344 g/mol.